The first kappa shape index (κ1) is 21.0. The molecular formula is C23H28N6O2. The molecule has 0 aliphatic heterocycles. The molecule has 0 radical (unpaired) electrons. The van der Waals surface area contributed by atoms with E-state index in [0.717, 1.165) is 5.56 Å². The zero-order valence-corrected chi connectivity index (χ0v) is 17.8. The van der Waals surface area contributed by atoms with Gasteiger partial charge in [-0.05, 0) is 36.6 Å². The van der Waals surface area contributed by atoms with Crippen molar-refractivity contribution >= 4 is 11.6 Å². The van der Waals surface area contributed by atoms with E-state index in [4.69, 9.17) is 4.52 Å². The molecule has 31 heavy (non-hydrogen) atoms. The Kier molecular flexibility index (Phi) is 6.86. The van der Waals surface area contributed by atoms with Crippen molar-refractivity contribution < 1.29 is 9.32 Å². The number of benzene rings is 1. The third kappa shape index (κ3) is 5.65. The Morgan fingerprint density at radius 3 is 2.58 bits per heavy atom. The van der Waals surface area contributed by atoms with Crippen LogP contribution in [0.25, 0.3) is 11.6 Å². The number of aryl methyl sites for hydroxylation is 1. The quantitative estimate of drug-likeness (QED) is 0.595. The van der Waals surface area contributed by atoms with Gasteiger partial charge in [0.15, 0.2) is 0 Å². The van der Waals surface area contributed by atoms with Crippen LogP contribution < -0.4 is 10.2 Å². The van der Waals surface area contributed by atoms with Gasteiger partial charge in [0.2, 0.25) is 23.4 Å². The summed E-state index contributed by atoms with van der Waals surface area (Å²) < 4.78 is 5.19. The van der Waals surface area contributed by atoms with E-state index in [2.05, 4.69) is 61.6 Å². The molecule has 0 bridgehead atoms. The zero-order valence-electron chi connectivity index (χ0n) is 17.8. The van der Waals surface area contributed by atoms with Crippen molar-refractivity contribution in [2.75, 3.05) is 11.9 Å². The lowest BCUT2D eigenvalue weighted by Crippen LogP contribution is -2.33. The molecule has 162 valence electrons. The van der Waals surface area contributed by atoms with Gasteiger partial charge in [-0.1, -0.05) is 36.6 Å². The summed E-state index contributed by atoms with van der Waals surface area (Å²) in [6.45, 7) is 0.499. The molecule has 0 spiro atoms. The first-order chi connectivity index (χ1) is 15.2. The number of rotatable bonds is 8. The van der Waals surface area contributed by atoms with Gasteiger partial charge in [0.05, 0.1) is 0 Å². The van der Waals surface area contributed by atoms with Crippen LogP contribution in [0.4, 0.5) is 5.69 Å². The molecule has 2 aromatic heterocycles. The molecule has 3 aromatic rings. The number of aromatic nitrogens is 4. The van der Waals surface area contributed by atoms with Gasteiger partial charge in [0.25, 0.3) is 0 Å². The Balaban J connectivity index is 1.22. The van der Waals surface area contributed by atoms with Crippen molar-refractivity contribution in [2.45, 2.75) is 57.5 Å². The smallest absolute Gasteiger partial charge is 0.240 e. The van der Waals surface area contributed by atoms with E-state index < -0.39 is 0 Å². The predicted octanol–water partition coefficient (Wildman–Crippen LogP) is 3.54. The predicted molar refractivity (Wildman–Crippen MR) is 117 cm³/mol. The molecule has 4 rings (SSSR count). The Hall–Kier alpha value is -3.29. The summed E-state index contributed by atoms with van der Waals surface area (Å²) in [7, 11) is 2.18. The number of hydrogen-bond donors (Lipinski definition) is 1. The minimum absolute atomic E-state index is 0.0564. The molecule has 1 saturated carbocycles. The summed E-state index contributed by atoms with van der Waals surface area (Å²) >= 11 is 0. The van der Waals surface area contributed by atoms with Crippen molar-refractivity contribution in [3.63, 3.8) is 0 Å². The van der Waals surface area contributed by atoms with E-state index in [-0.39, 0.29) is 12.3 Å². The van der Waals surface area contributed by atoms with Crippen LogP contribution in [0.2, 0.25) is 0 Å². The van der Waals surface area contributed by atoms with Crippen LogP contribution in [-0.2, 0) is 17.8 Å². The Bertz CT molecular complexity index is 967. The van der Waals surface area contributed by atoms with Crippen LogP contribution in [0.3, 0.4) is 0 Å². The lowest BCUT2D eigenvalue weighted by molar-refractivity contribution is -0.121. The average molecular weight is 421 g/mol. The molecule has 1 N–H and O–H groups in total. The molecule has 2 heterocycles. The molecule has 0 atom stereocenters. The number of nitrogens with one attached hydrogen (secondary N) is 1. The largest absolute Gasteiger partial charge is 0.372 e. The molecule has 1 aliphatic carbocycles. The fourth-order valence-electron chi connectivity index (χ4n) is 3.90. The molecule has 1 fully saturated rings. The van der Waals surface area contributed by atoms with Gasteiger partial charge < -0.3 is 14.7 Å². The van der Waals surface area contributed by atoms with Gasteiger partial charge in [0.1, 0.15) is 0 Å². The highest BCUT2D eigenvalue weighted by atomic mass is 16.5. The normalized spacial score (nSPS) is 14.4. The van der Waals surface area contributed by atoms with Crippen LogP contribution in [0.5, 0.6) is 0 Å². The van der Waals surface area contributed by atoms with E-state index >= 15 is 0 Å². The van der Waals surface area contributed by atoms with Crippen molar-refractivity contribution in [1.29, 1.82) is 0 Å². The van der Waals surface area contributed by atoms with Gasteiger partial charge in [-0.2, -0.15) is 4.98 Å². The first-order valence-corrected chi connectivity index (χ1v) is 10.9. The second-order valence-electron chi connectivity index (χ2n) is 7.93. The lowest BCUT2D eigenvalue weighted by Gasteiger charge is -2.33. The van der Waals surface area contributed by atoms with Crippen LogP contribution in [0.1, 0.15) is 50.0 Å². The van der Waals surface area contributed by atoms with E-state index in [9.17, 15) is 4.79 Å². The molecule has 1 amide bonds. The second-order valence-corrected chi connectivity index (χ2v) is 7.93. The third-order valence-electron chi connectivity index (χ3n) is 5.76. The zero-order chi connectivity index (χ0) is 21.5. The van der Waals surface area contributed by atoms with Crippen molar-refractivity contribution in [2.24, 2.45) is 0 Å². The van der Waals surface area contributed by atoms with Gasteiger partial charge in [0, 0.05) is 50.6 Å². The number of hydrogen-bond acceptors (Lipinski definition) is 7. The Morgan fingerprint density at radius 1 is 1.10 bits per heavy atom. The lowest BCUT2D eigenvalue weighted by atomic mass is 9.94. The molecular weight excluding hydrogens is 392 g/mol. The standard InChI is InChI=1S/C23H28N6O2/c1-29(18-6-3-2-4-7-18)19-10-8-17(9-11-19)16-26-20(30)12-13-21-27-23(28-31-21)22-24-14-5-15-25-22/h5,8-11,14-15,18H,2-4,6-7,12-13,16H2,1H3,(H,26,30). The number of carbonyl (C=O) groups is 1. The molecule has 1 aromatic carbocycles. The van der Waals surface area contributed by atoms with Crippen LogP contribution in [0.15, 0.2) is 47.2 Å². The van der Waals surface area contributed by atoms with Gasteiger partial charge in [-0.15, -0.1) is 0 Å². The van der Waals surface area contributed by atoms with Crippen LogP contribution in [0, 0.1) is 0 Å². The fraction of sp³-hybridized carbons (Fsp3) is 0.435. The Labute approximate surface area is 182 Å². The fourth-order valence-corrected chi connectivity index (χ4v) is 3.90. The highest BCUT2D eigenvalue weighted by Crippen LogP contribution is 2.26. The number of carbonyl (C=O) groups excluding carboxylic acids is 1. The minimum atomic E-state index is -0.0564. The SMILES string of the molecule is CN(c1ccc(CNC(=O)CCc2nc(-c3ncccn3)no2)cc1)C1CCCCC1. The number of nitrogens with zero attached hydrogens (tertiary/aromatic N) is 5. The highest BCUT2D eigenvalue weighted by Gasteiger charge is 2.18. The van der Waals surface area contributed by atoms with Crippen LogP contribution in [-0.4, -0.2) is 39.1 Å². The maximum Gasteiger partial charge on any atom is 0.240 e. The van der Waals surface area contributed by atoms with Crippen LogP contribution >= 0.6 is 0 Å². The Morgan fingerprint density at radius 2 is 1.84 bits per heavy atom. The van der Waals surface area contributed by atoms with Crippen molar-refractivity contribution in [1.82, 2.24) is 25.4 Å². The molecule has 0 saturated heterocycles. The highest BCUT2D eigenvalue weighted by molar-refractivity contribution is 5.76. The minimum Gasteiger partial charge on any atom is -0.372 e. The van der Waals surface area contributed by atoms with Gasteiger partial charge in [-0.25, -0.2) is 9.97 Å². The molecule has 8 heteroatoms. The second kappa shape index (κ2) is 10.1. The monoisotopic (exact) mass is 420 g/mol. The third-order valence-corrected chi connectivity index (χ3v) is 5.76. The first-order valence-electron chi connectivity index (χ1n) is 10.9. The van der Waals surface area contributed by atoms with E-state index in [1.165, 1.54) is 37.8 Å². The summed E-state index contributed by atoms with van der Waals surface area (Å²) in [6, 6.07) is 10.8. The van der Waals surface area contributed by atoms with E-state index in [1.54, 1.807) is 18.5 Å². The van der Waals surface area contributed by atoms with E-state index in [0.29, 0.717) is 36.5 Å². The molecule has 8 nitrogen and oxygen atoms in total. The molecule has 0 unspecified atom stereocenters. The van der Waals surface area contributed by atoms with Gasteiger partial charge >= 0.3 is 0 Å². The number of anilines is 1. The maximum absolute atomic E-state index is 12.2. The summed E-state index contributed by atoms with van der Waals surface area (Å²) in [5.41, 5.74) is 2.31. The van der Waals surface area contributed by atoms with E-state index in [1.807, 2.05) is 0 Å². The number of amides is 1. The van der Waals surface area contributed by atoms with Crippen molar-refractivity contribution in [3.05, 3.63) is 54.2 Å². The summed E-state index contributed by atoms with van der Waals surface area (Å²) in [4.78, 5) is 27.0. The summed E-state index contributed by atoms with van der Waals surface area (Å²) in [6.07, 6.45) is 10.4. The van der Waals surface area contributed by atoms with Gasteiger partial charge in [-0.3, -0.25) is 4.79 Å². The molecule has 1 aliphatic rings. The summed E-state index contributed by atoms with van der Waals surface area (Å²) in [5.74, 6) is 1.07. The maximum atomic E-state index is 12.2. The van der Waals surface area contributed by atoms with Crippen molar-refractivity contribution in [3.8, 4) is 11.6 Å². The average Bonchev–Trinajstić information content (AvgIpc) is 3.31. The summed E-state index contributed by atoms with van der Waals surface area (Å²) in [5, 5.41) is 6.82. The topological polar surface area (TPSA) is 97.0 Å².